The Morgan fingerprint density at radius 2 is 2.36 bits per heavy atom. The predicted octanol–water partition coefficient (Wildman–Crippen LogP) is 0.321. The molecule has 0 amide bonds. The molecule has 0 aromatic carbocycles. The highest BCUT2D eigenvalue weighted by atomic mass is 15.1. The summed E-state index contributed by atoms with van der Waals surface area (Å²) in [4.78, 5) is 0. The summed E-state index contributed by atoms with van der Waals surface area (Å²) >= 11 is 0. The van der Waals surface area contributed by atoms with E-state index < -0.39 is 0 Å². The van der Waals surface area contributed by atoms with Crippen LogP contribution in [0.2, 0.25) is 0 Å². The molecule has 1 aliphatic rings. The smallest absolute Gasteiger partial charge is 0.0647 e. The van der Waals surface area contributed by atoms with Gasteiger partial charge in [0.15, 0.2) is 0 Å². The zero-order valence-corrected chi connectivity index (χ0v) is 6.46. The lowest BCUT2D eigenvalue weighted by Crippen LogP contribution is -2.20. The Morgan fingerprint density at radius 1 is 1.45 bits per heavy atom. The van der Waals surface area contributed by atoms with Crippen molar-refractivity contribution in [1.29, 1.82) is 0 Å². The Bertz CT molecular complexity index is 395. The Balaban J connectivity index is 2.71. The van der Waals surface area contributed by atoms with Crippen molar-refractivity contribution in [3.63, 3.8) is 0 Å². The number of hydrogen-bond donors (Lipinski definition) is 1. The zero-order valence-electron chi connectivity index (χ0n) is 6.46. The average Bonchev–Trinajstić information content (AvgIpc) is 2.38. The number of hydrogen-bond acceptors (Lipinski definition) is 1. The predicted molar refractivity (Wildman–Crippen MR) is 45.1 cm³/mol. The van der Waals surface area contributed by atoms with E-state index in [1.165, 1.54) is 10.8 Å². The van der Waals surface area contributed by atoms with Crippen molar-refractivity contribution in [2.75, 3.05) is 0 Å². The summed E-state index contributed by atoms with van der Waals surface area (Å²) in [7, 11) is 0. The third-order valence-electron chi connectivity index (χ3n) is 1.88. The minimum atomic E-state index is 1.03. The molecule has 0 saturated heterocycles. The van der Waals surface area contributed by atoms with Crippen molar-refractivity contribution in [3.8, 4) is 0 Å². The van der Waals surface area contributed by atoms with Crippen molar-refractivity contribution in [3.05, 3.63) is 28.4 Å². The molecular formula is C9H10N2. The first-order valence-corrected chi connectivity index (χ1v) is 3.73. The molecule has 56 valence electrons. The number of rotatable bonds is 0. The SMILES string of the molecule is CC1=CC=c2[nH]ncc2=CC1. The van der Waals surface area contributed by atoms with Crippen LogP contribution in [0.1, 0.15) is 13.3 Å². The number of fused-ring (bicyclic) bond motifs is 1. The summed E-state index contributed by atoms with van der Waals surface area (Å²) in [6.07, 6.45) is 9.27. The Kier molecular flexibility index (Phi) is 1.39. The maximum Gasteiger partial charge on any atom is 0.0647 e. The van der Waals surface area contributed by atoms with Crippen molar-refractivity contribution >= 4 is 12.2 Å². The highest BCUT2D eigenvalue weighted by molar-refractivity contribution is 5.44. The van der Waals surface area contributed by atoms with Crippen LogP contribution in [-0.2, 0) is 0 Å². The fourth-order valence-corrected chi connectivity index (χ4v) is 1.17. The summed E-state index contributed by atoms with van der Waals surface area (Å²) in [6.45, 7) is 2.13. The lowest BCUT2D eigenvalue weighted by Gasteiger charge is -1.87. The lowest BCUT2D eigenvalue weighted by molar-refractivity contribution is 1.06. The van der Waals surface area contributed by atoms with Crippen LogP contribution in [-0.4, -0.2) is 10.2 Å². The molecule has 0 aliphatic heterocycles. The summed E-state index contributed by atoms with van der Waals surface area (Å²) in [5.74, 6) is 0. The van der Waals surface area contributed by atoms with E-state index in [1.54, 1.807) is 0 Å². The van der Waals surface area contributed by atoms with Crippen molar-refractivity contribution in [2.45, 2.75) is 13.3 Å². The monoisotopic (exact) mass is 146 g/mol. The van der Waals surface area contributed by atoms with Crippen LogP contribution in [0.5, 0.6) is 0 Å². The fraction of sp³-hybridized carbons (Fsp3) is 0.222. The fourth-order valence-electron chi connectivity index (χ4n) is 1.17. The van der Waals surface area contributed by atoms with E-state index in [0.29, 0.717) is 0 Å². The molecule has 1 aromatic rings. The molecule has 0 spiro atoms. The van der Waals surface area contributed by atoms with E-state index in [-0.39, 0.29) is 0 Å². The van der Waals surface area contributed by atoms with Crippen molar-refractivity contribution in [2.24, 2.45) is 0 Å². The maximum absolute atomic E-state index is 3.95. The lowest BCUT2D eigenvalue weighted by atomic mass is 10.2. The van der Waals surface area contributed by atoms with Gasteiger partial charge >= 0.3 is 0 Å². The van der Waals surface area contributed by atoms with Gasteiger partial charge in [-0.25, -0.2) is 0 Å². The summed E-state index contributed by atoms with van der Waals surface area (Å²) in [5.41, 5.74) is 1.38. The highest BCUT2D eigenvalue weighted by Gasteiger charge is 1.92. The van der Waals surface area contributed by atoms with Gasteiger partial charge in [-0.3, -0.25) is 5.10 Å². The second-order valence-electron chi connectivity index (χ2n) is 2.83. The molecule has 11 heavy (non-hydrogen) atoms. The minimum Gasteiger partial charge on any atom is -0.278 e. The molecule has 2 heteroatoms. The van der Waals surface area contributed by atoms with E-state index in [1.807, 2.05) is 6.20 Å². The number of H-pyrrole nitrogens is 1. The Labute approximate surface area is 64.9 Å². The molecule has 0 bridgehead atoms. The molecule has 0 fully saturated rings. The van der Waals surface area contributed by atoms with Gasteiger partial charge in [-0.15, -0.1) is 0 Å². The summed E-state index contributed by atoms with van der Waals surface area (Å²) in [6, 6.07) is 0. The molecule has 2 nitrogen and oxygen atoms in total. The van der Waals surface area contributed by atoms with Gasteiger partial charge in [0.2, 0.25) is 0 Å². The van der Waals surface area contributed by atoms with Gasteiger partial charge in [0, 0.05) is 5.22 Å². The quantitative estimate of drug-likeness (QED) is 0.561. The first-order valence-electron chi connectivity index (χ1n) is 3.73. The molecule has 0 atom stereocenters. The van der Waals surface area contributed by atoms with E-state index in [4.69, 9.17) is 0 Å². The van der Waals surface area contributed by atoms with E-state index in [9.17, 15) is 0 Å². The standard InChI is InChI=1S/C9H10N2/c1-7-2-4-8-6-10-11-9(8)5-3-7/h3-6,11H,2H2,1H3. The van der Waals surface area contributed by atoms with Gasteiger partial charge in [0.1, 0.15) is 0 Å². The van der Waals surface area contributed by atoms with Crippen LogP contribution in [0.25, 0.3) is 12.2 Å². The van der Waals surface area contributed by atoms with Crippen molar-refractivity contribution < 1.29 is 0 Å². The minimum absolute atomic E-state index is 1.03. The molecule has 1 N–H and O–H groups in total. The third-order valence-corrected chi connectivity index (χ3v) is 1.88. The Morgan fingerprint density at radius 3 is 3.27 bits per heavy atom. The number of aromatic nitrogens is 2. The first kappa shape index (κ1) is 6.40. The van der Waals surface area contributed by atoms with Crippen LogP contribution in [0, 0.1) is 0 Å². The zero-order chi connectivity index (χ0) is 7.68. The van der Waals surface area contributed by atoms with Gasteiger partial charge in [-0.2, -0.15) is 5.10 Å². The topological polar surface area (TPSA) is 28.7 Å². The molecule has 2 rings (SSSR count). The second kappa shape index (κ2) is 2.38. The summed E-state index contributed by atoms with van der Waals surface area (Å²) < 4.78 is 0. The van der Waals surface area contributed by atoms with Gasteiger partial charge in [-0.05, 0) is 19.4 Å². The average molecular weight is 146 g/mol. The molecule has 1 aromatic heterocycles. The van der Waals surface area contributed by atoms with Gasteiger partial charge in [-0.1, -0.05) is 17.7 Å². The molecular weight excluding hydrogens is 136 g/mol. The Hall–Kier alpha value is -1.31. The van der Waals surface area contributed by atoms with E-state index in [2.05, 4.69) is 35.3 Å². The highest BCUT2D eigenvalue weighted by Crippen LogP contribution is 2.01. The van der Waals surface area contributed by atoms with Gasteiger partial charge < -0.3 is 0 Å². The van der Waals surface area contributed by atoms with Crippen LogP contribution in [0.4, 0.5) is 0 Å². The second-order valence-corrected chi connectivity index (χ2v) is 2.83. The molecule has 1 aliphatic carbocycles. The van der Waals surface area contributed by atoms with Gasteiger partial charge in [0.05, 0.1) is 11.5 Å². The molecule has 0 saturated carbocycles. The van der Waals surface area contributed by atoms with Crippen LogP contribution < -0.4 is 10.6 Å². The molecule has 0 unspecified atom stereocenters. The van der Waals surface area contributed by atoms with Gasteiger partial charge in [0.25, 0.3) is 0 Å². The number of nitrogens with zero attached hydrogens (tertiary/aromatic N) is 1. The molecule has 1 heterocycles. The van der Waals surface area contributed by atoms with Crippen molar-refractivity contribution in [1.82, 2.24) is 10.2 Å². The first-order chi connectivity index (χ1) is 5.36. The number of allylic oxidation sites excluding steroid dienone is 2. The maximum atomic E-state index is 3.95. The van der Waals surface area contributed by atoms with Crippen LogP contribution in [0.15, 0.2) is 17.8 Å². The summed E-state index contributed by atoms with van der Waals surface area (Å²) in [5, 5.41) is 9.21. The normalized spacial score (nSPS) is 15.5. The van der Waals surface area contributed by atoms with E-state index in [0.717, 1.165) is 11.8 Å². The molecule has 0 radical (unpaired) electrons. The third kappa shape index (κ3) is 1.11. The number of nitrogens with one attached hydrogen (secondary N) is 1. The van der Waals surface area contributed by atoms with Crippen LogP contribution >= 0.6 is 0 Å². The van der Waals surface area contributed by atoms with Crippen LogP contribution in [0.3, 0.4) is 0 Å². The number of aromatic amines is 1. The van der Waals surface area contributed by atoms with E-state index >= 15 is 0 Å². The largest absolute Gasteiger partial charge is 0.278 e.